The van der Waals surface area contributed by atoms with E-state index in [1.807, 2.05) is 0 Å². The van der Waals surface area contributed by atoms with Gasteiger partial charge in [-0.25, -0.2) is 0 Å². The van der Waals surface area contributed by atoms with Crippen LogP contribution in [0.25, 0.3) is 0 Å². The average Bonchev–Trinajstić information content (AvgIpc) is 3.49. The van der Waals surface area contributed by atoms with Crippen molar-refractivity contribution in [1.82, 2.24) is 0 Å². The van der Waals surface area contributed by atoms with Crippen LogP contribution in [-0.2, 0) is 18.9 Å². The van der Waals surface area contributed by atoms with Crippen LogP contribution in [-0.4, -0.2) is 83.3 Å². The summed E-state index contributed by atoms with van der Waals surface area (Å²) in [6, 6.07) is 0. The van der Waals surface area contributed by atoms with E-state index in [0.717, 1.165) is 12.8 Å². The number of ether oxygens (including phenoxy) is 4. The van der Waals surface area contributed by atoms with Crippen molar-refractivity contribution in [3.8, 4) is 0 Å². The fourth-order valence-corrected chi connectivity index (χ4v) is 7.01. The molecule has 11 atom stereocenters. The van der Waals surface area contributed by atoms with E-state index >= 15 is 0 Å². The Hall–Kier alpha value is -0.320. The maximum Gasteiger partial charge on any atom is 0.191 e. The number of fused-ring (bicyclic) bond motifs is 2. The number of epoxide rings is 1. The van der Waals surface area contributed by atoms with Crippen LogP contribution in [0.3, 0.4) is 0 Å². The van der Waals surface area contributed by atoms with Crippen LogP contribution in [0.5, 0.6) is 0 Å². The fraction of sp³-hybridized carbons (Fsp3) is 1.00. The molecule has 4 fully saturated rings. The van der Waals surface area contributed by atoms with E-state index in [2.05, 4.69) is 20.8 Å². The summed E-state index contributed by atoms with van der Waals surface area (Å²) in [5.41, 5.74) is -2.76. The molecule has 2 saturated carbocycles. The molecule has 2 saturated heterocycles. The van der Waals surface area contributed by atoms with Gasteiger partial charge in [0.25, 0.3) is 0 Å². The van der Waals surface area contributed by atoms with E-state index in [1.54, 1.807) is 0 Å². The van der Waals surface area contributed by atoms with Gasteiger partial charge in [-0.2, -0.15) is 0 Å². The highest BCUT2D eigenvalue weighted by molar-refractivity contribution is 5.21. The Morgan fingerprint density at radius 2 is 1.70 bits per heavy atom. The van der Waals surface area contributed by atoms with Gasteiger partial charge in [0.2, 0.25) is 0 Å². The number of hydrogen-bond acceptors (Lipinski definition) is 8. The predicted octanol–water partition coefficient (Wildman–Crippen LogP) is 0.787. The third-order valence-electron chi connectivity index (χ3n) is 9.48. The molecule has 2 aliphatic carbocycles. The monoisotopic (exact) mass is 430 g/mol. The third-order valence-corrected chi connectivity index (χ3v) is 9.48. The Morgan fingerprint density at radius 3 is 2.27 bits per heavy atom. The van der Waals surface area contributed by atoms with Crippen molar-refractivity contribution in [1.29, 1.82) is 0 Å². The highest BCUT2D eigenvalue weighted by Gasteiger charge is 2.73. The lowest BCUT2D eigenvalue weighted by Crippen LogP contribution is -2.65. The molecule has 8 nitrogen and oxygen atoms in total. The second-order valence-corrected chi connectivity index (χ2v) is 10.6. The van der Waals surface area contributed by atoms with Gasteiger partial charge in [0, 0.05) is 19.6 Å². The van der Waals surface area contributed by atoms with Crippen molar-refractivity contribution in [2.75, 3.05) is 20.8 Å². The molecule has 8 heteroatoms. The van der Waals surface area contributed by atoms with Crippen LogP contribution in [0.2, 0.25) is 0 Å². The second kappa shape index (κ2) is 7.35. The Morgan fingerprint density at radius 1 is 1.03 bits per heavy atom. The molecule has 0 radical (unpaired) electrons. The first-order valence-electron chi connectivity index (χ1n) is 11.1. The second-order valence-electron chi connectivity index (χ2n) is 10.6. The molecule has 30 heavy (non-hydrogen) atoms. The zero-order valence-corrected chi connectivity index (χ0v) is 18.7. The molecule has 0 aromatic carbocycles. The molecule has 4 rings (SSSR count). The maximum absolute atomic E-state index is 11.3. The van der Waals surface area contributed by atoms with Gasteiger partial charge in [-0.15, -0.1) is 0 Å². The normalized spacial score (nSPS) is 58.1. The minimum Gasteiger partial charge on any atom is -0.390 e. The number of hydrogen-bond donors (Lipinski definition) is 4. The summed E-state index contributed by atoms with van der Waals surface area (Å²) in [6.45, 7) is 7.09. The Labute approximate surface area is 178 Å². The van der Waals surface area contributed by atoms with E-state index in [4.69, 9.17) is 18.9 Å². The van der Waals surface area contributed by atoms with Gasteiger partial charge in [0.15, 0.2) is 12.6 Å². The lowest BCUT2D eigenvalue weighted by molar-refractivity contribution is -0.225. The van der Waals surface area contributed by atoms with Crippen LogP contribution >= 0.6 is 0 Å². The van der Waals surface area contributed by atoms with Gasteiger partial charge in [-0.1, -0.05) is 20.8 Å². The molecule has 1 spiro atoms. The minimum atomic E-state index is -1.59. The molecule has 4 N–H and O–H groups in total. The smallest absolute Gasteiger partial charge is 0.191 e. The maximum atomic E-state index is 11.3. The Bertz CT molecular complexity index is 651. The van der Waals surface area contributed by atoms with E-state index < -0.39 is 42.1 Å². The van der Waals surface area contributed by atoms with Gasteiger partial charge in [0.1, 0.15) is 23.4 Å². The molecule has 4 aliphatic rings. The summed E-state index contributed by atoms with van der Waals surface area (Å²) < 4.78 is 21.9. The lowest BCUT2D eigenvalue weighted by Gasteiger charge is -2.62. The van der Waals surface area contributed by atoms with Gasteiger partial charge >= 0.3 is 0 Å². The summed E-state index contributed by atoms with van der Waals surface area (Å²) in [7, 11) is 2.86. The van der Waals surface area contributed by atoms with Crippen molar-refractivity contribution < 1.29 is 39.4 Å². The zero-order valence-electron chi connectivity index (χ0n) is 18.7. The quantitative estimate of drug-likeness (QED) is 0.473. The number of rotatable bonds is 5. The molecule has 0 aromatic heterocycles. The molecular formula is C22H38O8. The van der Waals surface area contributed by atoms with E-state index in [1.165, 1.54) is 14.2 Å². The number of methoxy groups -OCH3 is 2. The molecular weight excluding hydrogens is 392 g/mol. The molecule has 0 aromatic rings. The lowest BCUT2D eigenvalue weighted by atomic mass is 9.43. The zero-order chi connectivity index (χ0) is 22.1. The van der Waals surface area contributed by atoms with Crippen molar-refractivity contribution in [3.63, 3.8) is 0 Å². The molecule has 174 valence electrons. The first kappa shape index (κ1) is 22.9. The first-order valence-corrected chi connectivity index (χ1v) is 11.1. The standard InChI is InChI=1S/C22H38O8/c1-12-6-7-20(3)14(10-13(23)15(24)22(20)11-29-22)19(12,2)8-9-21(26)16(25)17(27-4)30-18(21)28-5/h12-18,23-26H,6-11H2,1-5H3/t12-,13+,14-,15+,16+,17-,18+,19-,20-,21+,22-/m1/s1. The summed E-state index contributed by atoms with van der Waals surface area (Å²) in [6.07, 6.45) is -1.57. The van der Waals surface area contributed by atoms with E-state index in [9.17, 15) is 20.4 Å². The van der Waals surface area contributed by atoms with Crippen molar-refractivity contribution in [2.24, 2.45) is 22.7 Å². The molecule has 0 bridgehead atoms. The van der Waals surface area contributed by atoms with Crippen LogP contribution in [0.15, 0.2) is 0 Å². The summed E-state index contributed by atoms with van der Waals surface area (Å²) >= 11 is 0. The third kappa shape index (κ3) is 2.88. The van der Waals surface area contributed by atoms with Crippen LogP contribution in [0.1, 0.15) is 52.9 Å². The summed E-state index contributed by atoms with van der Waals surface area (Å²) in [5, 5.41) is 43.4. The van der Waals surface area contributed by atoms with Crippen LogP contribution in [0.4, 0.5) is 0 Å². The van der Waals surface area contributed by atoms with Gasteiger partial charge in [0.05, 0.1) is 12.7 Å². The molecule has 0 amide bonds. The summed E-state index contributed by atoms with van der Waals surface area (Å²) in [5.74, 6) is 0.452. The number of aliphatic hydroxyl groups excluding tert-OH is 3. The molecule has 2 aliphatic heterocycles. The first-order chi connectivity index (χ1) is 14.0. The Kier molecular flexibility index (Phi) is 5.60. The van der Waals surface area contributed by atoms with E-state index in [-0.39, 0.29) is 23.2 Å². The average molecular weight is 431 g/mol. The number of aliphatic hydroxyl groups is 4. The topological polar surface area (TPSA) is 121 Å². The Balaban J connectivity index is 1.61. The van der Waals surface area contributed by atoms with Crippen molar-refractivity contribution in [2.45, 2.75) is 95.0 Å². The minimum absolute atomic E-state index is 0.108. The largest absolute Gasteiger partial charge is 0.390 e. The molecule has 2 heterocycles. The fourth-order valence-electron chi connectivity index (χ4n) is 7.01. The summed E-state index contributed by atoms with van der Waals surface area (Å²) in [4.78, 5) is 0. The highest BCUT2D eigenvalue weighted by atomic mass is 16.8. The van der Waals surface area contributed by atoms with E-state index in [0.29, 0.717) is 25.4 Å². The van der Waals surface area contributed by atoms with Crippen LogP contribution < -0.4 is 0 Å². The van der Waals surface area contributed by atoms with Gasteiger partial charge in [-0.05, 0) is 49.4 Å². The van der Waals surface area contributed by atoms with Gasteiger partial charge in [-0.3, -0.25) is 0 Å². The van der Waals surface area contributed by atoms with Crippen molar-refractivity contribution in [3.05, 3.63) is 0 Å². The van der Waals surface area contributed by atoms with Crippen molar-refractivity contribution >= 4 is 0 Å². The van der Waals surface area contributed by atoms with Crippen LogP contribution in [0, 0.1) is 22.7 Å². The van der Waals surface area contributed by atoms with Gasteiger partial charge < -0.3 is 39.4 Å². The molecule has 0 unspecified atom stereocenters. The predicted molar refractivity (Wildman–Crippen MR) is 106 cm³/mol. The highest BCUT2D eigenvalue weighted by Crippen LogP contribution is 2.68. The SMILES string of the molecule is CO[C@@H]1O[C@H](OC)[C@](O)(CC[C@]2(C)[C@H](C)CC[C@]3(C)[C@@H]2C[C@H](O)[C@H](O)[C@]32CO2)[C@H]1O.